The molecule has 3 N–H and O–H groups in total. The lowest BCUT2D eigenvalue weighted by molar-refractivity contribution is 0.177. The van der Waals surface area contributed by atoms with E-state index >= 15 is 0 Å². The van der Waals surface area contributed by atoms with E-state index in [1.54, 1.807) is 0 Å². The van der Waals surface area contributed by atoms with Crippen molar-refractivity contribution in [1.29, 1.82) is 0 Å². The van der Waals surface area contributed by atoms with Crippen LogP contribution < -0.4 is 11.3 Å². The number of nitrogens with two attached hydrogens (primary N) is 1. The van der Waals surface area contributed by atoms with Gasteiger partial charge in [-0.1, -0.05) is 22.0 Å². The average Bonchev–Trinajstić information content (AvgIpc) is 2.70. The normalized spacial score (nSPS) is 22.3. The molecule has 0 amide bonds. The molecule has 1 aliphatic rings. The topological polar surface area (TPSA) is 47.3 Å². The third-order valence-electron chi connectivity index (χ3n) is 3.04. The number of rotatable bonds is 3. The summed E-state index contributed by atoms with van der Waals surface area (Å²) >= 11 is 3.52. The fourth-order valence-corrected chi connectivity index (χ4v) is 2.89. The van der Waals surface area contributed by atoms with Crippen molar-refractivity contribution < 1.29 is 4.74 Å². The van der Waals surface area contributed by atoms with Gasteiger partial charge in [0.05, 0.1) is 12.6 Å². The van der Waals surface area contributed by atoms with Crippen molar-refractivity contribution in [3.63, 3.8) is 0 Å². The van der Waals surface area contributed by atoms with Gasteiger partial charge in [-0.3, -0.25) is 11.3 Å². The monoisotopic (exact) mass is 284 g/mol. The van der Waals surface area contributed by atoms with Crippen molar-refractivity contribution in [2.24, 2.45) is 11.8 Å². The van der Waals surface area contributed by atoms with E-state index in [0.29, 0.717) is 5.92 Å². The lowest BCUT2D eigenvalue weighted by atomic mass is 9.92. The first-order valence-corrected chi connectivity index (χ1v) is 6.31. The number of nitrogens with one attached hydrogen (secondary N) is 1. The summed E-state index contributed by atoms with van der Waals surface area (Å²) in [6.07, 6.45) is 1.07. The number of aryl methyl sites for hydroxylation is 1. The Balaban J connectivity index is 2.24. The van der Waals surface area contributed by atoms with Gasteiger partial charge in [-0.05, 0) is 36.6 Å². The molecule has 3 nitrogen and oxygen atoms in total. The van der Waals surface area contributed by atoms with Gasteiger partial charge in [0.25, 0.3) is 0 Å². The highest BCUT2D eigenvalue weighted by Gasteiger charge is 2.26. The first kappa shape index (κ1) is 12.0. The molecule has 2 rings (SSSR count). The van der Waals surface area contributed by atoms with E-state index in [1.165, 1.54) is 11.1 Å². The van der Waals surface area contributed by atoms with Crippen molar-refractivity contribution in [2.45, 2.75) is 19.4 Å². The minimum Gasteiger partial charge on any atom is -0.381 e. The van der Waals surface area contributed by atoms with Gasteiger partial charge in [0, 0.05) is 17.0 Å². The highest BCUT2D eigenvalue weighted by atomic mass is 79.9. The maximum absolute atomic E-state index is 5.66. The smallest absolute Gasteiger partial charge is 0.0513 e. The van der Waals surface area contributed by atoms with Gasteiger partial charge >= 0.3 is 0 Å². The fraction of sp³-hybridized carbons (Fsp3) is 0.500. The minimum absolute atomic E-state index is 0.179. The standard InChI is InChI=1S/C12H17BrN2O/c1-8-4-10(6-11(13)5-8)12(15-14)9-2-3-16-7-9/h4-6,9,12,15H,2-3,7,14H2,1H3. The van der Waals surface area contributed by atoms with Crippen LogP contribution in [0.4, 0.5) is 0 Å². The molecule has 1 aliphatic heterocycles. The predicted molar refractivity (Wildman–Crippen MR) is 67.9 cm³/mol. The number of hydrogen-bond acceptors (Lipinski definition) is 3. The second kappa shape index (κ2) is 5.27. The lowest BCUT2D eigenvalue weighted by Gasteiger charge is -2.22. The average molecular weight is 285 g/mol. The molecule has 0 spiro atoms. The van der Waals surface area contributed by atoms with E-state index in [2.05, 4.69) is 46.5 Å². The van der Waals surface area contributed by atoms with Crippen LogP contribution in [0.25, 0.3) is 0 Å². The van der Waals surface area contributed by atoms with Gasteiger partial charge in [-0.15, -0.1) is 0 Å². The largest absolute Gasteiger partial charge is 0.381 e. The summed E-state index contributed by atoms with van der Waals surface area (Å²) in [5.41, 5.74) is 5.38. The van der Waals surface area contributed by atoms with E-state index in [0.717, 1.165) is 24.1 Å². The van der Waals surface area contributed by atoms with E-state index in [-0.39, 0.29) is 6.04 Å². The zero-order chi connectivity index (χ0) is 11.5. The molecule has 16 heavy (non-hydrogen) atoms. The number of hydrazine groups is 1. The van der Waals surface area contributed by atoms with Crippen LogP contribution >= 0.6 is 15.9 Å². The van der Waals surface area contributed by atoms with Crippen LogP contribution in [0.5, 0.6) is 0 Å². The Hall–Kier alpha value is -0.420. The summed E-state index contributed by atoms with van der Waals surface area (Å²) in [6.45, 7) is 3.73. The van der Waals surface area contributed by atoms with Crippen molar-refractivity contribution in [3.05, 3.63) is 33.8 Å². The van der Waals surface area contributed by atoms with Crippen LogP contribution in [0.1, 0.15) is 23.6 Å². The lowest BCUT2D eigenvalue weighted by Crippen LogP contribution is -2.33. The van der Waals surface area contributed by atoms with Crippen LogP contribution in [0, 0.1) is 12.8 Å². The zero-order valence-electron chi connectivity index (χ0n) is 9.37. The van der Waals surface area contributed by atoms with Gasteiger partial charge in [0.1, 0.15) is 0 Å². The molecule has 0 bridgehead atoms. The molecule has 88 valence electrons. The molecule has 1 aromatic rings. The third kappa shape index (κ3) is 2.63. The molecule has 0 radical (unpaired) electrons. The van der Waals surface area contributed by atoms with Crippen molar-refractivity contribution in [3.8, 4) is 0 Å². The summed E-state index contributed by atoms with van der Waals surface area (Å²) in [4.78, 5) is 0. The van der Waals surface area contributed by atoms with E-state index in [1.807, 2.05) is 0 Å². The van der Waals surface area contributed by atoms with E-state index in [4.69, 9.17) is 10.6 Å². The fourth-order valence-electron chi connectivity index (χ4n) is 2.26. The summed E-state index contributed by atoms with van der Waals surface area (Å²) < 4.78 is 6.51. The summed E-state index contributed by atoms with van der Waals surface area (Å²) in [5, 5.41) is 0. The highest BCUT2D eigenvalue weighted by molar-refractivity contribution is 9.10. The Kier molecular flexibility index (Phi) is 3.97. The molecule has 1 fully saturated rings. The Bertz CT molecular complexity index is 344. The third-order valence-corrected chi connectivity index (χ3v) is 3.50. The predicted octanol–water partition coefficient (Wildman–Crippen LogP) is 2.30. The van der Waals surface area contributed by atoms with Crippen LogP contribution in [0.15, 0.2) is 22.7 Å². The quantitative estimate of drug-likeness (QED) is 0.661. The number of ether oxygens (including phenoxy) is 1. The maximum Gasteiger partial charge on any atom is 0.0513 e. The van der Waals surface area contributed by atoms with Gasteiger partial charge in [-0.25, -0.2) is 0 Å². The first-order valence-electron chi connectivity index (χ1n) is 5.51. The molecule has 4 heteroatoms. The maximum atomic E-state index is 5.66. The van der Waals surface area contributed by atoms with Crippen LogP contribution in [-0.4, -0.2) is 13.2 Å². The molecular weight excluding hydrogens is 268 g/mol. The highest BCUT2D eigenvalue weighted by Crippen LogP contribution is 2.30. The number of halogens is 1. The van der Waals surface area contributed by atoms with Crippen LogP contribution in [-0.2, 0) is 4.74 Å². The van der Waals surface area contributed by atoms with Gasteiger partial charge < -0.3 is 4.74 Å². The van der Waals surface area contributed by atoms with Crippen molar-refractivity contribution in [2.75, 3.05) is 13.2 Å². The molecule has 0 saturated carbocycles. The Labute approximate surface area is 104 Å². The molecule has 1 aromatic carbocycles. The van der Waals surface area contributed by atoms with E-state index in [9.17, 15) is 0 Å². The molecule has 1 saturated heterocycles. The number of benzene rings is 1. The van der Waals surface area contributed by atoms with Gasteiger partial charge in [0.15, 0.2) is 0 Å². The molecular formula is C12H17BrN2O. The molecule has 2 atom stereocenters. The summed E-state index contributed by atoms with van der Waals surface area (Å²) in [5.74, 6) is 6.13. The summed E-state index contributed by atoms with van der Waals surface area (Å²) in [7, 11) is 0. The van der Waals surface area contributed by atoms with Gasteiger partial charge in [-0.2, -0.15) is 0 Å². The zero-order valence-corrected chi connectivity index (χ0v) is 11.0. The first-order chi connectivity index (χ1) is 7.70. The van der Waals surface area contributed by atoms with Crippen molar-refractivity contribution in [1.82, 2.24) is 5.43 Å². The minimum atomic E-state index is 0.179. The Morgan fingerprint density at radius 1 is 1.50 bits per heavy atom. The van der Waals surface area contributed by atoms with Gasteiger partial charge in [0.2, 0.25) is 0 Å². The molecule has 0 aromatic heterocycles. The number of hydrogen-bond donors (Lipinski definition) is 2. The Morgan fingerprint density at radius 3 is 2.88 bits per heavy atom. The van der Waals surface area contributed by atoms with Crippen molar-refractivity contribution >= 4 is 15.9 Å². The Morgan fingerprint density at radius 2 is 2.31 bits per heavy atom. The molecule has 0 aliphatic carbocycles. The SMILES string of the molecule is Cc1cc(Br)cc(C(NN)C2CCOC2)c1. The molecule has 1 heterocycles. The molecule has 2 unspecified atom stereocenters. The summed E-state index contributed by atoms with van der Waals surface area (Å²) in [6, 6.07) is 6.57. The van der Waals surface area contributed by atoms with Crippen LogP contribution in [0.3, 0.4) is 0 Å². The second-order valence-corrected chi connectivity index (χ2v) is 5.25. The van der Waals surface area contributed by atoms with Crippen LogP contribution in [0.2, 0.25) is 0 Å². The second-order valence-electron chi connectivity index (χ2n) is 4.33. The van der Waals surface area contributed by atoms with E-state index < -0.39 is 0 Å².